The predicted octanol–water partition coefficient (Wildman–Crippen LogP) is 2.33. The zero-order valence-corrected chi connectivity index (χ0v) is 11.0. The van der Waals surface area contributed by atoms with Gasteiger partial charge in [0.15, 0.2) is 0 Å². The van der Waals surface area contributed by atoms with Gasteiger partial charge in [0.05, 0.1) is 12.8 Å². The van der Waals surface area contributed by atoms with E-state index in [0.29, 0.717) is 18.0 Å². The molecule has 3 N–H and O–H groups in total. The Balaban J connectivity index is 2.70. The molecule has 17 heavy (non-hydrogen) atoms. The molecule has 0 saturated carbocycles. The average Bonchev–Trinajstić information content (AvgIpc) is 2.36. The van der Waals surface area contributed by atoms with Crippen molar-refractivity contribution in [1.29, 1.82) is 0 Å². The maximum Gasteiger partial charge on any atom is 0.146 e. The van der Waals surface area contributed by atoms with E-state index in [-0.39, 0.29) is 11.9 Å². The molecule has 0 radical (unpaired) electrons. The highest BCUT2D eigenvalue weighted by atomic mass is 32.2. The second-order valence-corrected chi connectivity index (χ2v) is 4.69. The van der Waals surface area contributed by atoms with E-state index in [1.165, 1.54) is 6.07 Å². The lowest BCUT2D eigenvalue weighted by Gasteiger charge is -2.18. The molecule has 3 nitrogen and oxygen atoms in total. The molecular weight excluding hydrogens is 239 g/mol. The van der Waals surface area contributed by atoms with Gasteiger partial charge in [0.2, 0.25) is 0 Å². The van der Waals surface area contributed by atoms with Crippen LogP contribution in [0.2, 0.25) is 0 Å². The van der Waals surface area contributed by atoms with Crippen LogP contribution in [-0.2, 0) is 0 Å². The summed E-state index contributed by atoms with van der Waals surface area (Å²) < 4.78 is 18.6. The largest absolute Gasteiger partial charge is 0.497 e. The van der Waals surface area contributed by atoms with Gasteiger partial charge in [0, 0.05) is 18.7 Å². The van der Waals surface area contributed by atoms with Gasteiger partial charge >= 0.3 is 0 Å². The number of ether oxygens (including phenoxy) is 1. The quantitative estimate of drug-likeness (QED) is 0.788. The van der Waals surface area contributed by atoms with E-state index in [1.807, 2.05) is 6.26 Å². The van der Waals surface area contributed by atoms with Crippen molar-refractivity contribution in [1.82, 2.24) is 0 Å². The molecule has 1 rings (SSSR count). The fourth-order valence-electron chi connectivity index (χ4n) is 1.47. The fraction of sp³-hybridized carbons (Fsp3) is 0.500. The van der Waals surface area contributed by atoms with Gasteiger partial charge in [-0.15, -0.1) is 0 Å². The molecular formula is C12H19FN2OS. The van der Waals surface area contributed by atoms with Crippen molar-refractivity contribution in [3.63, 3.8) is 0 Å². The summed E-state index contributed by atoms with van der Waals surface area (Å²) in [5, 5.41) is 3.11. The highest BCUT2D eigenvalue weighted by Crippen LogP contribution is 2.22. The van der Waals surface area contributed by atoms with Crippen molar-refractivity contribution < 1.29 is 9.13 Å². The van der Waals surface area contributed by atoms with Gasteiger partial charge < -0.3 is 15.8 Å². The molecule has 0 bridgehead atoms. The molecule has 0 aliphatic heterocycles. The van der Waals surface area contributed by atoms with E-state index in [1.54, 1.807) is 31.0 Å². The Hall–Kier alpha value is -0.940. The molecule has 1 unspecified atom stereocenters. The van der Waals surface area contributed by atoms with Crippen LogP contribution < -0.4 is 15.8 Å². The van der Waals surface area contributed by atoms with E-state index >= 15 is 0 Å². The van der Waals surface area contributed by atoms with Crippen LogP contribution in [0, 0.1) is 5.82 Å². The van der Waals surface area contributed by atoms with Gasteiger partial charge in [0.1, 0.15) is 11.6 Å². The Kier molecular flexibility index (Phi) is 6.15. The Labute approximate surface area is 106 Å². The Morgan fingerprint density at radius 3 is 2.88 bits per heavy atom. The SMILES string of the molecule is COc1ccc(F)c(NC(CN)CCSC)c1. The summed E-state index contributed by atoms with van der Waals surface area (Å²) >= 11 is 1.75. The normalized spacial score (nSPS) is 12.2. The lowest BCUT2D eigenvalue weighted by Crippen LogP contribution is -2.29. The van der Waals surface area contributed by atoms with Crippen LogP contribution in [-0.4, -0.2) is 31.7 Å². The second-order valence-electron chi connectivity index (χ2n) is 3.70. The molecule has 0 aromatic heterocycles. The first-order valence-corrected chi connectivity index (χ1v) is 6.89. The van der Waals surface area contributed by atoms with E-state index < -0.39 is 0 Å². The summed E-state index contributed by atoms with van der Waals surface area (Å²) in [6.45, 7) is 0.483. The van der Waals surface area contributed by atoms with Crippen LogP contribution in [0.15, 0.2) is 18.2 Å². The summed E-state index contributed by atoms with van der Waals surface area (Å²) in [4.78, 5) is 0. The third-order valence-electron chi connectivity index (χ3n) is 2.49. The van der Waals surface area contributed by atoms with Gasteiger partial charge in [-0.3, -0.25) is 0 Å². The lowest BCUT2D eigenvalue weighted by atomic mass is 10.2. The van der Waals surface area contributed by atoms with Crippen molar-refractivity contribution in [3.05, 3.63) is 24.0 Å². The number of hydrogen-bond acceptors (Lipinski definition) is 4. The fourth-order valence-corrected chi connectivity index (χ4v) is 1.99. The first-order chi connectivity index (χ1) is 8.21. The molecule has 0 saturated heterocycles. The van der Waals surface area contributed by atoms with Crippen LogP contribution in [0.25, 0.3) is 0 Å². The monoisotopic (exact) mass is 258 g/mol. The summed E-state index contributed by atoms with van der Waals surface area (Å²) in [5.41, 5.74) is 6.10. The Bertz CT molecular complexity index is 349. The molecule has 0 spiro atoms. The van der Waals surface area contributed by atoms with Crippen molar-refractivity contribution in [2.45, 2.75) is 12.5 Å². The molecule has 5 heteroatoms. The molecule has 1 atom stereocenters. The molecule has 0 heterocycles. The maximum atomic E-state index is 13.6. The molecule has 1 aromatic carbocycles. The summed E-state index contributed by atoms with van der Waals surface area (Å²) in [7, 11) is 1.56. The van der Waals surface area contributed by atoms with Crippen LogP contribution in [0.1, 0.15) is 6.42 Å². The molecule has 0 fully saturated rings. The molecule has 0 aliphatic carbocycles. The molecule has 0 amide bonds. The average molecular weight is 258 g/mol. The number of nitrogens with two attached hydrogens (primary N) is 1. The summed E-state index contributed by atoms with van der Waals surface area (Å²) in [6, 6.07) is 4.73. The number of nitrogens with one attached hydrogen (secondary N) is 1. The Morgan fingerprint density at radius 1 is 1.53 bits per heavy atom. The van der Waals surface area contributed by atoms with Crippen LogP contribution in [0.4, 0.5) is 10.1 Å². The number of benzene rings is 1. The lowest BCUT2D eigenvalue weighted by molar-refractivity contribution is 0.414. The van der Waals surface area contributed by atoms with E-state index in [4.69, 9.17) is 10.5 Å². The van der Waals surface area contributed by atoms with E-state index in [0.717, 1.165) is 12.2 Å². The number of hydrogen-bond donors (Lipinski definition) is 2. The minimum Gasteiger partial charge on any atom is -0.497 e. The number of halogens is 1. The third-order valence-corrected chi connectivity index (χ3v) is 3.13. The van der Waals surface area contributed by atoms with Gasteiger partial charge in [-0.25, -0.2) is 4.39 Å². The van der Waals surface area contributed by atoms with Crippen molar-refractivity contribution in [2.75, 3.05) is 31.0 Å². The van der Waals surface area contributed by atoms with Crippen molar-refractivity contribution in [2.24, 2.45) is 5.73 Å². The zero-order valence-electron chi connectivity index (χ0n) is 10.2. The minimum absolute atomic E-state index is 0.0871. The standard InChI is InChI=1S/C12H19FN2OS/c1-16-10-3-4-11(13)12(7-10)15-9(8-14)5-6-17-2/h3-4,7,9,15H,5-6,8,14H2,1-2H3. The topological polar surface area (TPSA) is 47.3 Å². The van der Waals surface area contributed by atoms with Gasteiger partial charge in [0.25, 0.3) is 0 Å². The first kappa shape index (κ1) is 14.1. The second kappa shape index (κ2) is 7.40. The van der Waals surface area contributed by atoms with Gasteiger partial charge in [-0.2, -0.15) is 11.8 Å². The van der Waals surface area contributed by atoms with Crippen molar-refractivity contribution >= 4 is 17.4 Å². The third kappa shape index (κ3) is 4.44. The molecule has 0 aliphatic rings. The van der Waals surface area contributed by atoms with Crippen LogP contribution in [0.5, 0.6) is 5.75 Å². The smallest absolute Gasteiger partial charge is 0.146 e. The number of methoxy groups -OCH3 is 1. The molecule has 1 aromatic rings. The Morgan fingerprint density at radius 2 is 2.29 bits per heavy atom. The van der Waals surface area contributed by atoms with Crippen LogP contribution in [0.3, 0.4) is 0 Å². The highest BCUT2D eigenvalue weighted by Gasteiger charge is 2.10. The number of thioether (sulfide) groups is 1. The molecule has 96 valence electrons. The summed E-state index contributed by atoms with van der Waals surface area (Å²) in [5.74, 6) is 1.35. The van der Waals surface area contributed by atoms with E-state index in [2.05, 4.69) is 5.32 Å². The van der Waals surface area contributed by atoms with Gasteiger partial charge in [-0.1, -0.05) is 0 Å². The minimum atomic E-state index is -0.284. The zero-order chi connectivity index (χ0) is 12.7. The maximum absolute atomic E-state index is 13.6. The summed E-state index contributed by atoms with van der Waals surface area (Å²) in [6.07, 6.45) is 2.95. The first-order valence-electron chi connectivity index (χ1n) is 5.50. The van der Waals surface area contributed by atoms with Crippen LogP contribution >= 0.6 is 11.8 Å². The highest BCUT2D eigenvalue weighted by molar-refractivity contribution is 7.98. The number of anilines is 1. The van der Waals surface area contributed by atoms with Crippen molar-refractivity contribution in [3.8, 4) is 5.75 Å². The van der Waals surface area contributed by atoms with E-state index in [9.17, 15) is 4.39 Å². The number of rotatable bonds is 7. The van der Waals surface area contributed by atoms with Gasteiger partial charge in [-0.05, 0) is 30.6 Å². The predicted molar refractivity (Wildman–Crippen MR) is 72.4 cm³/mol.